The first-order valence-electron chi connectivity index (χ1n) is 5.26. The van der Waals surface area contributed by atoms with Crippen LogP contribution in [0.4, 0.5) is 0 Å². The van der Waals surface area contributed by atoms with Gasteiger partial charge in [0.25, 0.3) is 0 Å². The van der Waals surface area contributed by atoms with E-state index < -0.39 is 0 Å². The smallest absolute Gasteiger partial charge is 0.308 e. The van der Waals surface area contributed by atoms with E-state index in [4.69, 9.17) is 9.47 Å². The van der Waals surface area contributed by atoms with E-state index in [1.165, 1.54) is 6.92 Å². The lowest BCUT2D eigenvalue weighted by Crippen LogP contribution is -2.02. The van der Waals surface area contributed by atoms with Crippen LogP contribution in [0.3, 0.4) is 0 Å². The number of carbonyl (C=O) groups is 1. The molecule has 0 atom stereocenters. The Morgan fingerprint density at radius 2 is 1.47 bits per heavy atom. The van der Waals surface area contributed by atoms with Crippen molar-refractivity contribution in [2.45, 2.75) is 6.92 Å². The van der Waals surface area contributed by atoms with Crippen molar-refractivity contribution in [1.29, 1.82) is 0 Å². The fourth-order valence-electron chi connectivity index (χ4n) is 1.39. The van der Waals surface area contributed by atoms with Gasteiger partial charge in [0.05, 0.1) is 0 Å². The molecule has 0 spiro atoms. The number of hydrogen-bond donors (Lipinski definition) is 0. The van der Waals surface area contributed by atoms with Gasteiger partial charge in [0, 0.05) is 6.92 Å². The zero-order chi connectivity index (χ0) is 12.1. The number of ether oxygens (including phenoxy) is 2. The quantitative estimate of drug-likeness (QED) is 0.596. The molecule has 0 bridgehead atoms. The molecule has 2 aromatic carbocycles. The molecule has 0 heterocycles. The third kappa shape index (κ3) is 3.08. The van der Waals surface area contributed by atoms with Crippen molar-refractivity contribution in [1.82, 2.24) is 0 Å². The summed E-state index contributed by atoms with van der Waals surface area (Å²) in [6, 6.07) is 16.4. The zero-order valence-electron chi connectivity index (χ0n) is 9.42. The lowest BCUT2D eigenvalue weighted by Gasteiger charge is -2.09. The van der Waals surface area contributed by atoms with Gasteiger partial charge in [-0.05, 0) is 24.3 Å². The second-order valence-corrected chi connectivity index (χ2v) is 3.46. The Hall–Kier alpha value is -2.29. The van der Waals surface area contributed by atoms with Crippen molar-refractivity contribution < 1.29 is 14.3 Å². The predicted molar refractivity (Wildman–Crippen MR) is 64.3 cm³/mol. The van der Waals surface area contributed by atoms with Crippen LogP contribution < -0.4 is 9.47 Å². The van der Waals surface area contributed by atoms with Crippen LogP contribution in [0.1, 0.15) is 6.92 Å². The van der Waals surface area contributed by atoms with Crippen molar-refractivity contribution in [3.8, 4) is 17.2 Å². The first-order valence-corrected chi connectivity index (χ1v) is 5.26. The highest BCUT2D eigenvalue weighted by molar-refractivity contribution is 5.70. The summed E-state index contributed by atoms with van der Waals surface area (Å²) in [5.41, 5.74) is 0. The van der Waals surface area contributed by atoms with Gasteiger partial charge in [0.2, 0.25) is 0 Å². The summed E-state index contributed by atoms with van der Waals surface area (Å²) in [6.45, 7) is 1.36. The van der Waals surface area contributed by atoms with E-state index in [-0.39, 0.29) is 5.97 Å². The van der Waals surface area contributed by atoms with Gasteiger partial charge in [0.1, 0.15) is 5.75 Å². The fourth-order valence-corrected chi connectivity index (χ4v) is 1.39. The number of benzene rings is 2. The van der Waals surface area contributed by atoms with E-state index in [0.29, 0.717) is 17.2 Å². The van der Waals surface area contributed by atoms with Gasteiger partial charge in [-0.2, -0.15) is 0 Å². The van der Waals surface area contributed by atoms with Gasteiger partial charge in [-0.1, -0.05) is 30.3 Å². The van der Waals surface area contributed by atoms with Crippen LogP contribution in [0.5, 0.6) is 17.2 Å². The van der Waals surface area contributed by atoms with E-state index in [0.717, 1.165) is 0 Å². The monoisotopic (exact) mass is 228 g/mol. The van der Waals surface area contributed by atoms with Crippen molar-refractivity contribution in [3.63, 3.8) is 0 Å². The van der Waals surface area contributed by atoms with Crippen LogP contribution in [0.15, 0.2) is 54.6 Å². The molecular formula is C14H12O3. The standard InChI is InChI=1S/C14H12O3/c1-11(15)16-13-9-5-6-10-14(13)17-12-7-3-2-4-8-12/h2-10H,1H3. The minimum Gasteiger partial charge on any atom is -0.453 e. The maximum absolute atomic E-state index is 10.9. The van der Waals surface area contributed by atoms with E-state index >= 15 is 0 Å². The van der Waals surface area contributed by atoms with Crippen molar-refractivity contribution in [2.24, 2.45) is 0 Å². The molecule has 86 valence electrons. The second kappa shape index (κ2) is 5.16. The molecular weight excluding hydrogens is 216 g/mol. The first kappa shape index (κ1) is 11.2. The third-order valence-corrected chi connectivity index (χ3v) is 2.07. The van der Waals surface area contributed by atoms with E-state index in [1.807, 2.05) is 36.4 Å². The molecule has 0 N–H and O–H groups in total. The second-order valence-electron chi connectivity index (χ2n) is 3.46. The van der Waals surface area contributed by atoms with Gasteiger partial charge < -0.3 is 9.47 Å². The highest BCUT2D eigenvalue weighted by Crippen LogP contribution is 2.30. The van der Waals surface area contributed by atoms with Gasteiger partial charge in [-0.3, -0.25) is 4.79 Å². The summed E-state index contributed by atoms with van der Waals surface area (Å²) in [4.78, 5) is 10.9. The summed E-state index contributed by atoms with van der Waals surface area (Å²) in [5, 5.41) is 0. The molecule has 0 aliphatic rings. The topological polar surface area (TPSA) is 35.5 Å². The van der Waals surface area contributed by atoms with E-state index in [1.54, 1.807) is 18.2 Å². The van der Waals surface area contributed by atoms with Crippen molar-refractivity contribution in [2.75, 3.05) is 0 Å². The highest BCUT2D eigenvalue weighted by Gasteiger charge is 2.07. The minimum absolute atomic E-state index is 0.367. The van der Waals surface area contributed by atoms with Crippen LogP contribution in [0.25, 0.3) is 0 Å². The molecule has 0 saturated carbocycles. The van der Waals surface area contributed by atoms with Crippen molar-refractivity contribution >= 4 is 5.97 Å². The Balaban J connectivity index is 2.23. The van der Waals surface area contributed by atoms with Gasteiger partial charge in [-0.25, -0.2) is 0 Å². The Bertz CT molecular complexity index is 506. The maximum atomic E-state index is 10.9. The molecule has 17 heavy (non-hydrogen) atoms. The summed E-state index contributed by atoms with van der Waals surface area (Å²) < 4.78 is 10.7. The third-order valence-electron chi connectivity index (χ3n) is 2.07. The molecule has 0 saturated heterocycles. The van der Waals surface area contributed by atoms with Crippen LogP contribution in [0.2, 0.25) is 0 Å². The van der Waals surface area contributed by atoms with Crippen LogP contribution in [-0.4, -0.2) is 5.97 Å². The largest absolute Gasteiger partial charge is 0.453 e. The molecule has 2 aromatic rings. The summed E-state index contributed by atoms with van der Waals surface area (Å²) >= 11 is 0. The average Bonchev–Trinajstić information content (AvgIpc) is 2.32. The summed E-state index contributed by atoms with van der Waals surface area (Å²) in [7, 11) is 0. The number of rotatable bonds is 3. The first-order chi connectivity index (χ1) is 8.25. The lowest BCUT2D eigenvalue weighted by atomic mass is 10.3. The zero-order valence-corrected chi connectivity index (χ0v) is 9.42. The summed E-state index contributed by atoms with van der Waals surface area (Å²) in [5.74, 6) is 1.28. The molecule has 3 heteroatoms. The van der Waals surface area contributed by atoms with E-state index in [2.05, 4.69) is 0 Å². The van der Waals surface area contributed by atoms with Crippen molar-refractivity contribution in [3.05, 3.63) is 54.6 Å². The Labute approximate surface area is 99.6 Å². The lowest BCUT2D eigenvalue weighted by molar-refractivity contribution is -0.131. The number of carbonyl (C=O) groups excluding carboxylic acids is 1. The maximum Gasteiger partial charge on any atom is 0.308 e. The Morgan fingerprint density at radius 3 is 2.12 bits per heavy atom. The molecule has 0 aliphatic heterocycles. The number of para-hydroxylation sites is 3. The van der Waals surface area contributed by atoms with Crippen LogP contribution in [-0.2, 0) is 4.79 Å². The molecule has 0 fully saturated rings. The van der Waals surface area contributed by atoms with Gasteiger partial charge >= 0.3 is 5.97 Å². The molecule has 2 rings (SSSR count). The fraction of sp³-hybridized carbons (Fsp3) is 0.0714. The van der Waals surface area contributed by atoms with Crippen LogP contribution in [0, 0.1) is 0 Å². The predicted octanol–water partition coefficient (Wildman–Crippen LogP) is 3.40. The van der Waals surface area contributed by atoms with Gasteiger partial charge in [-0.15, -0.1) is 0 Å². The molecule has 0 unspecified atom stereocenters. The normalized spacial score (nSPS) is 9.71. The van der Waals surface area contributed by atoms with Crippen LogP contribution >= 0.6 is 0 Å². The number of hydrogen-bond acceptors (Lipinski definition) is 3. The SMILES string of the molecule is CC(=O)Oc1ccccc1Oc1ccccc1. The summed E-state index contributed by atoms with van der Waals surface area (Å²) in [6.07, 6.45) is 0. The van der Waals surface area contributed by atoms with Gasteiger partial charge in [0.15, 0.2) is 11.5 Å². The molecule has 0 radical (unpaired) electrons. The average molecular weight is 228 g/mol. The Kier molecular flexibility index (Phi) is 3.40. The molecule has 0 aromatic heterocycles. The number of esters is 1. The van der Waals surface area contributed by atoms with E-state index in [9.17, 15) is 4.79 Å². The minimum atomic E-state index is -0.367. The Morgan fingerprint density at radius 1 is 0.882 bits per heavy atom. The molecule has 3 nitrogen and oxygen atoms in total. The molecule has 0 amide bonds. The highest BCUT2D eigenvalue weighted by atomic mass is 16.6. The molecule has 0 aliphatic carbocycles.